The fourth-order valence-corrected chi connectivity index (χ4v) is 3.24. The van der Waals surface area contributed by atoms with Crippen LogP contribution in [0.4, 0.5) is 0 Å². The summed E-state index contributed by atoms with van der Waals surface area (Å²) in [5, 5.41) is 3.48. The minimum absolute atomic E-state index is 0.311. The van der Waals surface area contributed by atoms with E-state index < -0.39 is 0 Å². The van der Waals surface area contributed by atoms with Crippen molar-refractivity contribution < 1.29 is 4.79 Å². The third kappa shape index (κ3) is 4.27. The van der Waals surface area contributed by atoms with Crippen LogP contribution in [-0.4, -0.2) is 36.5 Å². The highest BCUT2D eigenvalue weighted by atomic mass is 16.2. The Morgan fingerprint density at radius 1 is 1.11 bits per heavy atom. The highest BCUT2D eigenvalue weighted by molar-refractivity contribution is 5.78. The first-order valence-corrected chi connectivity index (χ1v) is 7.77. The first kappa shape index (κ1) is 13.9. The summed E-state index contributed by atoms with van der Waals surface area (Å²) in [7, 11) is 0. The van der Waals surface area contributed by atoms with E-state index in [4.69, 9.17) is 0 Å². The van der Waals surface area contributed by atoms with Crippen molar-refractivity contribution in [3.63, 3.8) is 0 Å². The summed E-state index contributed by atoms with van der Waals surface area (Å²) < 4.78 is 0. The maximum absolute atomic E-state index is 12.1. The van der Waals surface area contributed by atoms with Crippen LogP contribution >= 0.6 is 0 Å². The largest absolute Gasteiger partial charge is 0.341 e. The average Bonchev–Trinajstić information content (AvgIpc) is 2.64. The second-order valence-electron chi connectivity index (χ2n) is 6.16. The quantitative estimate of drug-likeness (QED) is 0.783. The summed E-state index contributed by atoms with van der Waals surface area (Å²) in [5.41, 5.74) is 0. The summed E-state index contributed by atoms with van der Waals surface area (Å²) in [5.74, 6) is 0.992. The van der Waals surface area contributed by atoms with Crippen LogP contribution in [0.3, 0.4) is 0 Å². The second kappa shape index (κ2) is 7.13. The van der Waals surface area contributed by atoms with Crippen LogP contribution in [0.25, 0.3) is 0 Å². The van der Waals surface area contributed by atoms with Gasteiger partial charge in [0.05, 0.1) is 6.54 Å². The lowest BCUT2D eigenvalue weighted by Crippen LogP contribution is -2.45. The number of piperidine rings is 1. The third-order valence-corrected chi connectivity index (χ3v) is 4.41. The van der Waals surface area contributed by atoms with E-state index in [0.29, 0.717) is 24.4 Å². The van der Waals surface area contributed by atoms with Crippen molar-refractivity contribution in [2.75, 3.05) is 19.6 Å². The van der Waals surface area contributed by atoms with Crippen LogP contribution in [-0.2, 0) is 4.79 Å². The predicted molar refractivity (Wildman–Crippen MR) is 74.5 cm³/mol. The molecule has 1 saturated heterocycles. The van der Waals surface area contributed by atoms with Gasteiger partial charge >= 0.3 is 0 Å². The Morgan fingerprint density at radius 3 is 2.50 bits per heavy atom. The van der Waals surface area contributed by atoms with Crippen molar-refractivity contribution in [1.29, 1.82) is 0 Å². The van der Waals surface area contributed by atoms with Gasteiger partial charge in [0.25, 0.3) is 0 Å². The summed E-state index contributed by atoms with van der Waals surface area (Å²) in [4.78, 5) is 14.2. The van der Waals surface area contributed by atoms with Crippen molar-refractivity contribution in [2.24, 2.45) is 5.92 Å². The van der Waals surface area contributed by atoms with Gasteiger partial charge < -0.3 is 10.2 Å². The monoisotopic (exact) mass is 252 g/mol. The smallest absolute Gasteiger partial charge is 0.236 e. The summed E-state index contributed by atoms with van der Waals surface area (Å²) in [6, 6.07) is 0.582. The number of carbonyl (C=O) groups excluding carboxylic acids is 1. The molecule has 0 spiro atoms. The van der Waals surface area contributed by atoms with Crippen LogP contribution in [0.1, 0.15) is 58.3 Å². The van der Waals surface area contributed by atoms with Crippen molar-refractivity contribution >= 4 is 5.91 Å². The topological polar surface area (TPSA) is 32.3 Å². The molecule has 3 heteroatoms. The first-order valence-electron chi connectivity index (χ1n) is 7.77. The average molecular weight is 252 g/mol. The van der Waals surface area contributed by atoms with Crippen LogP contribution < -0.4 is 5.32 Å². The fraction of sp³-hybridized carbons (Fsp3) is 0.933. The minimum atomic E-state index is 0.311. The Balaban J connectivity index is 1.70. The molecule has 3 nitrogen and oxygen atoms in total. The number of hydrogen-bond acceptors (Lipinski definition) is 2. The predicted octanol–water partition coefficient (Wildman–Crippen LogP) is 2.56. The van der Waals surface area contributed by atoms with E-state index in [1.807, 2.05) is 0 Å². The molecule has 1 aliphatic heterocycles. The van der Waals surface area contributed by atoms with E-state index >= 15 is 0 Å². The molecule has 1 N–H and O–H groups in total. The van der Waals surface area contributed by atoms with Gasteiger partial charge in [-0.25, -0.2) is 0 Å². The normalized spacial score (nSPS) is 26.9. The fourth-order valence-electron chi connectivity index (χ4n) is 3.24. The molecule has 0 aromatic rings. The maximum Gasteiger partial charge on any atom is 0.236 e. The molecule has 1 atom stereocenters. The maximum atomic E-state index is 12.1. The number of likely N-dealkylation sites (tertiary alicyclic amines) is 1. The lowest BCUT2D eigenvalue weighted by atomic mass is 10.0. The van der Waals surface area contributed by atoms with Gasteiger partial charge in [-0.15, -0.1) is 0 Å². The van der Waals surface area contributed by atoms with E-state index in [9.17, 15) is 4.79 Å². The molecule has 104 valence electrons. The Kier molecular flexibility index (Phi) is 5.48. The summed E-state index contributed by atoms with van der Waals surface area (Å²) in [6.45, 7) is 4.73. The van der Waals surface area contributed by atoms with Gasteiger partial charge in [-0.05, 0) is 31.6 Å². The molecule has 1 heterocycles. The van der Waals surface area contributed by atoms with Crippen LogP contribution in [0.5, 0.6) is 0 Å². The molecule has 0 aromatic heterocycles. The Morgan fingerprint density at radius 2 is 1.83 bits per heavy atom. The molecule has 2 rings (SSSR count). The van der Waals surface area contributed by atoms with E-state index in [-0.39, 0.29) is 0 Å². The molecule has 18 heavy (non-hydrogen) atoms. The Hall–Kier alpha value is -0.570. The molecule has 1 saturated carbocycles. The molecule has 2 fully saturated rings. The molecule has 2 aliphatic rings. The lowest BCUT2D eigenvalue weighted by Gasteiger charge is -2.31. The van der Waals surface area contributed by atoms with E-state index in [1.165, 1.54) is 51.4 Å². The SMILES string of the molecule is CC1CCCN(C(=O)CNC2CCCCCC2)C1. The standard InChI is InChI=1S/C15H28N2O/c1-13-7-6-10-17(12-13)15(18)11-16-14-8-4-2-3-5-9-14/h13-14,16H,2-12H2,1H3. The molecule has 0 aromatic carbocycles. The molecule has 1 aliphatic carbocycles. The number of nitrogens with zero attached hydrogens (tertiary/aromatic N) is 1. The van der Waals surface area contributed by atoms with Gasteiger partial charge in [0.2, 0.25) is 5.91 Å². The zero-order chi connectivity index (χ0) is 12.8. The molecular weight excluding hydrogens is 224 g/mol. The highest BCUT2D eigenvalue weighted by Crippen LogP contribution is 2.18. The first-order chi connectivity index (χ1) is 8.75. The van der Waals surface area contributed by atoms with Gasteiger partial charge in [0.1, 0.15) is 0 Å². The van der Waals surface area contributed by atoms with Gasteiger partial charge in [0.15, 0.2) is 0 Å². The van der Waals surface area contributed by atoms with Crippen molar-refractivity contribution in [3.8, 4) is 0 Å². The summed E-state index contributed by atoms with van der Waals surface area (Å²) >= 11 is 0. The van der Waals surface area contributed by atoms with Crippen LogP contribution in [0, 0.1) is 5.92 Å². The van der Waals surface area contributed by atoms with Gasteiger partial charge in [0, 0.05) is 19.1 Å². The van der Waals surface area contributed by atoms with Crippen molar-refractivity contribution in [2.45, 2.75) is 64.3 Å². The number of rotatable bonds is 3. The van der Waals surface area contributed by atoms with Gasteiger partial charge in [-0.2, -0.15) is 0 Å². The number of hydrogen-bond donors (Lipinski definition) is 1. The van der Waals surface area contributed by atoms with Crippen molar-refractivity contribution in [3.05, 3.63) is 0 Å². The number of nitrogens with one attached hydrogen (secondary N) is 1. The van der Waals surface area contributed by atoms with Crippen LogP contribution in [0.2, 0.25) is 0 Å². The van der Waals surface area contributed by atoms with Gasteiger partial charge in [-0.1, -0.05) is 32.6 Å². The number of carbonyl (C=O) groups is 1. The highest BCUT2D eigenvalue weighted by Gasteiger charge is 2.21. The second-order valence-corrected chi connectivity index (χ2v) is 6.16. The van der Waals surface area contributed by atoms with E-state index in [1.54, 1.807) is 0 Å². The Labute approximate surface area is 111 Å². The zero-order valence-corrected chi connectivity index (χ0v) is 11.8. The third-order valence-electron chi connectivity index (χ3n) is 4.41. The minimum Gasteiger partial charge on any atom is -0.341 e. The Bertz CT molecular complexity index is 259. The molecule has 0 bridgehead atoms. The zero-order valence-electron chi connectivity index (χ0n) is 11.8. The lowest BCUT2D eigenvalue weighted by molar-refractivity contribution is -0.132. The molecule has 1 unspecified atom stereocenters. The van der Waals surface area contributed by atoms with E-state index in [0.717, 1.165) is 13.1 Å². The molecule has 1 amide bonds. The van der Waals surface area contributed by atoms with E-state index in [2.05, 4.69) is 17.1 Å². The van der Waals surface area contributed by atoms with Crippen LogP contribution in [0.15, 0.2) is 0 Å². The molecule has 0 radical (unpaired) electrons. The van der Waals surface area contributed by atoms with Crippen molar-refractivity contribution in [1.82, 2.24) is 10.2 Å². The molecular formula is C15H28N2O. The van der Waals surface area contributed by atoms with Gasteiger partial charge in [-0.3, -0.25) is 4.79 Å². The number of amides is 1. The summed E-state index contributed by atoms with van der Waals surface area (Å²) in [6.07, 6.45) is 10.4.